The SMILES string of the molecule is CCOc1cc(C=CC(=O)Nc2cnccc2C)ccc1OC(F)F. The quantitative estimate of drug-likeness (QED) is 0.767. The first kappa shape index (κ1) is 18.4. The molecule has 25 heavy (non-hydrogen) atoms. The Morgan fingerprint density at radius 2 is 2.12 bits per heavy atom. The van der Waals surface area contributed by atoms with Gasteiger partial charge in [0.05, 0.1) is 18.5 Å². The molecule has 1 aromatic carbocycles. The predicted octanol–water partition coefficient (Wildman–Crippen LogP) is 4.04. The van der Waals surface area contributed by atoms with Crippen LogP contribution in [0.1, 0.15) is 18.1 Å². The fourth-order valence-corrected chi connectivity index (χ4v) is 2.03. The maximum Gasteiger partial charge on any atom is 0.387 e. The lowest BCUT2D eigenvalue weighted by molar-refractivity contribution is -0.111. The summed E-state index contributed by atoms with van der Waals surface area (Å²) in [5.74, 6) is -0.195. The molecule has 1 heterocycles. The van der Waals surface area contributed by atoms with Crippen LogP contribution in [0, 0.1) is 6.92 Å². The molecule has 2 rings (SSSR count). The molecule has 0 radical (unpaired) electrons. The van der Waals surface area contributed by atoms with E-state index in [0.717, 1.165) is 5.56 Å². The number of benzene rings is 1. The fourth-order valence-electron chi connectivity index (χ4n) is 2.03. The van der Waals surface area contributed by atoms with E-state index >= 15 is 0 Å². The Kier molecular flexibility index (Phi) is 6.45. The number of amides is 1. The number of carbonyl (C=O) groups is 1. The monoisotopic (exact) mass is 348 g/mol. The smallest absolute Gasteiger partial charge is 0.387 e. The zero-order valence-corrected chi connectivity index (χ0v) is 13.8. The summed E-state index contributed by atoms with van der Waals surface area (Å²) in [5.41, 5.74) is 2.12. The summed E-state index contributed by atoms with van der Waals surface area (Å²) in [6.45, 7) is 0.956. The van der Waals surface area contributed by atoms with Crippen molar-refractivity contribution in [1.82, 2.24) is 4.98 Å². The van der Waals surface area contributed by atoms with Gasteiger partial charge in [0.1, 0.15) is 0 Å². The van der Waals surface area contributed by atoms with Crippen LogP contribution in [0.3, 0.4) is 0 Å². The van der Waals surface area contributed by atoms with Gasteiger partial charge in [0.2, 0.25) is 5.91 Å². The van der Waals surface area contributed by atoms with Crippen LogP contribution in [0.2, 0.25) is 0 Å². The summed E-state index contributed by atoms with van der Waals surface area (Å²) >= 11 is 0. The molecule has 7 heteroatoms. The molecule has 0 bridgehead atoms. The van der Waals surface area contributed by atoms with Gasteiger partial charge in [-0.3, -0.25) is 9.78 Å². The van der Waals surface area contributed by atoms with Crippen molar-refractivity contribution >= 4 is 17.7 Å². The lowest BCUT2D eigenvalue weighted by Gasteiger charge is -2.11. The number of nitrogens with one attached hydrogen (secondary N) is 1. The van der Waals surface area contributed by atoms with Crippen LogP contribution in [0.4, 0.5) is 14.5 Å². The van der Waals surface area contributed by atoms with Gasteiger partial charge in [-0.1, -0.05) is 6.07 Å². The van der Waals surface area contributed by atoms with E-state index in [-0.39, 0.29) is 17.4 Å². The third-order valence-electron chi connectivity index (χ3n) is 3.21. The van der Waals surface area contributed by atoms with Crippen LogP contribution >= 0.6 is 0 Å². The molecule has 1 N–H and O–H groups in total. The molecule has 2 aromatic rings. The summed E-state index contributed by atoms with van der Waals surface area (Å²) in [6, 6.07) is 6.25. The van der Waals surface area contributed by atoms with Gasteiger partial charge in [-0.2, -0.15) is 8.78 Å². The number of hydrogen-bond donors (Lipinski definition) is 1. The third kappa shape index (κ3) is 5.56. The van der Waals surface area contributed by atoms with Crippen molar-refractivity contribution in [3.05, 3.63) is 53.9 Å². The highest BCUT2D eigenvalue weighted by atomic mass is 19.3. The molecule has 0 aliphatic heterocycles. The van der Waals surface area contributed by atoms with Gasteiger partial charge in [0, 0.05) is 12.3 Å². The number of hydrogen-bond acceptors (Lipinski definition) is 4. The average molecular weight is 348 g/mol. The van der Waals surface area contributed by atoms with Gasteiger partial charge in [-0.25, -0.2) is 0 Å². The Bertz CT molecular complexity index is 764. The Labute approximate surface area is 144 Å². The Balaban J connectivity index is 2.10. The average Bonchev–Trinajstić information content (AvgIpc) is 2.57. The summed E-state index contributed by atoms with van der Waals surface area (Å²) in [4.78, 5) is 15.9. The molecular formula is C18H18F2N2O3. The molecule has 0 atom stereocenters. The molecule has 5 nitrogen and oxygen atoms in total. The number of carbonyl (C=O) groups excluding carboxylic acids is 1. The molecule has 0 aliphatic carbocycles. The van der Waals surface area contributed by atoms with E-state index in [1.807, 2.05) is 6.92 Å². The minimum absolute atomic E-state index is 0.0514. The van der Waals surface area contributed by atoms with Crippen LogP contribution in [0.25, 0.3) is 6.08 Å². The van der Waals surface area contributed by atoms with Gasteiger partial charge in [0.15, 0.2) is 11.5 Å². The molecule has 0 saturated heterocycles. The highest BCUT2D eigenvalue weighted by Gasteiger charge is 2.11. The highest BCUT2D eigenvalue weighted by Crippen LogP contribution is 2.30. The molecule has 0 saturated carbocycles. The summed E-state index contributed by atoms with van der Waals surface area (Å²) < 4.78 is 34.5. The molecule has 1 aromatic heterocycles. The van der Waals surface area contributed by atoms with Crippen molar-refractivity contribution in [2.45, 2.75) is 20.5 Å². The minimum Gasteiger partial charge on any atom is -0.490 e. The molecule has 0 aliphatic rings. The zero-order chi connectivity index (χ0) is 18.2. The van der Waals surface area contributed by atoms with Crippen molar-refractivity contribution in [1.29, 1.82) is 0 Å². The standard InChI is InChI=1S/C18H18F2N2O3/c1-3-24-16-10-13(4-6-15(16)25-18(19)20)5-7-17(23)22-14-11-21-9-8-12(14)2/h4-11,18H,3H2,1-2H3,(H,22,23). The van der Waals surface area contributed by atoms with Crippen LogP contribution in [-0.4, -0.2) is 24.1 Å². The molecule has 0 fully saturated rings. The lowest BCUT2D eigenvalue weighted by atomic mass is 10.2. The number of aryl methyl sites for hydroxylation is 1. The van der Waals surface area contributed by atoms with Crippen molar-refractivity contribution in [2.24, 2.45) is 0 Å². The maximum atomic E-state index is 12.4. The molecule has 132 valence electrons. The van der Waals surface area contributed by atoms with Crippen LogP contribution < -0.4 is 14.8 Å². The van der Waals surface area contributed by atoms with Crippen molar-refractivity contribution in [3.8, 4) is 11.5 Å². The summed E-state index contributed by atoms with van der Waals surface area (Å²) in [5, 5.41) is 2.71. The largest absolute Gasteiger partial charge is 0.490 e. The van der Waals surface area contributed by atoms with Gasteiger partial charge >= 0.3 is 6.61 Å². The van der Waals surface area contributed by atoms with E-state index in [9.17, 15) is 13.6 Å². The molecule has 0 spiro atoms. The van der Waals surface area contributed by atoms with Crippen LogP contribution in [-0.2, 0) is 4.79 Å². The first-order valence-electron chi connectivity index (χ1n) is 7.61. The Morgan fingerprint density at radius 3 is 2.80 bits per heavy atom. The van der Waals surface area contributed by atoms with E-state index < -0.39 is 6.61 Å². The van der Waals surface area contributed by atoms with E-state index in [2.05, 4.69) is 15.0 Å². The molecule has 0 unspecified atom stereocenters. The van der Waals surface area contributed by atoms with Crippen LogP contribution in [0.15, 0.2) is 42.7 Å². The maximum absolute atomic E-state index is 12.4. The van der Waals surface area contributed by atoms with Gasteiger partial charge in [0.25, 0.3) is 0 Å². The van der Waals surface area contributed by atoms with Crippen molar-refractivity contribution in [3.63, 3.8) is 0 Å². The summed E-state index contributed by atoms with van der Waals surface area (Å²) in [7, 11) is 0. The second-order valence-corrected chi connectivity index (χ2v) is 5.03. The number of nitrogens with zero attached hydrogens (tertiary/aromatic N) is 1. The number of pyridine rings is 1. The van der Waals surface area contributed by atoms with E-state index in [1.165, 1.54) is 18.2 Å². The second-order valence-electron chi connectivity index (χ2n) is 5.03. The second kappa shape index (κ2) is 8.77. The van der Waals surface area contributed by atoms with E-state index in [0.29, 0.717) is 17.9 Å². The third-order valence-corrected chi connectivity index (χ3v) is 3.21. The number of ether oxygens (including phenoxy) is 2. The predicted molar refractivity (Wildman–Crippen MR) is 90.9 cm³/mol. The number of aromatic nitrogens is 1. The van der Waals surface area contributed by atoms with Crippen molar-refractivity contribution < 1.29 is 23.0 Å². The Hall–Kier alpha value is -2.96. The first-order valence-corrected chi connectivity index (χ1v) is 7.61. The highest BCUT2D eigenvalue weighted by molar-refractivity contribution is 6.02. The van der Waals surface area contributed by atoms with E-state index in [1.54, 1.807) is 37.5 Å². The van der Waals surface area contributed by atoms with Gasteiger partial charge in [-0.05, 0) is 49.2 Å². The Morgan fingerprint density at radius 1 is 1.32 bits per heavy atom. The van der Waals surface area contributed by atoms with E-state index in [4.69, 9.17) is 4.74 Å². The summed E-state index contributed by atoms with van der Waals surface area (Å²) in [6.07, 6.45) is 6.09. The van der Waals surface area contributed by atoms with Gasteiger partial charge < -0.3 is 14.8 Å². The van der Waals surface area contributed by atoms with Crippen molar-refractivity contribution in [2.75, 3.05) is 11.9 Å². The molecule has 1 amide bonds. The van der Waals surface area contributed by atoms with Crippen LogP contribution in [0.5, 0.6) is 11.5 Å². The van der Waals surface area contributed by atoms with Gasteiger partial charge in [-0.15, -0.1) is 0 Å². The number of anilines is 1. The normalized spacial score (nSPS) is 10.9. The zero-order valence-electron chi connectivity index (χ0n) is 13.8. The number of rotatable bonds is 7. The number of halogens is 2. The molecular weight excluding hydrogens is 330 g/mol. The fraction of sp³-hybridized carbons (Fsp3) is 0.222. The first-order chi connectivity index (χ1) is 12.0. The minimum atomic E-state index is -2.94. The topological polar surface area (TPSA) is 60.5 Å². The lowest BCUT2D eigenvalue weighted by Crippen LogP contribution is -2.09. The number of alkyl halides is 2.